The smallest absolute Gasteiger partial charge is 0.306 e. The number of carbonyl (C=O) groups is 2. The molecular weight excluding hydrogens is 366 g/mol. The van der Waals surface area contributed by atoms with Gasteiger partial charge in [-0.2, -0.15) is 0 Å². The number of esters is 1. The molecule has 2 atom stereocenters. The maximum absolute atomic E-state index is 12.6. The van der Waals surface area contributed by atoms with Crippen molar-refractivity contribution in [2.45, 2.75) is 59.0 Å². The maximum Gasteiger partial charge on any atom is 0.306 e. The lowest BCUT2D eigenvalue weighted by atomic mass is 9.87. The van der Waals surface area contributed by atoms with E-state index in [0.717, 1.165) is 27.8 Å². The number of rotatable bonds is 9. The molecule has 1 unspecified atom stereocenters. The molecule has 0 saturated carbocycles. The number of Topliss-reactive ketones (excluding diaryl/α,β-unsaturated/α-hetero) is 1. The van der Waals surface area contributed by atoms with Gasteiger partial charge in [0.2, 0.25) is 0 Å². The van der Waals surface area contributed by atoms with Gasteiger partial charge in [0.15, 0.2) is 5.78 Å². The Balaban J connectivity index is 2.36. The monoisotopic (exact) mass is 397 g/mol. The van der Waals surface area contributed by atoms with Gasteiger partial charge in [-0.05, 0) is 54.5 Å². The van der Waals surface area contributed by atoms with Crippen molar-refractivity contribution >= 4 is 11.8 Å². The molecule has 1 aromatic carbocycles. The molecule has 29 heavy (non-hydrogen) atoms. The maximum atomic E-state index is 12.6. The summed E-state index contributed by atoms with van der Waals surface area (Å²) in [6, 6.07) is 8.10. The summed E-state index contributed by atoms with van der Waals surface area (Å²) in [4.78, 5) is 28.9. The molecule has 0 aliphatic rings. The van der Waals surface area contributed by atoms with Crippen LogP contribution in [0.1, 0.15) is 55.7 Å². The van der Waals surface area contributed by atoms with Gasteiger partial charge >= 0.3 is 5.97 Å². The molecule has 0 bridgehead atoms. The largest absolute Gasteiger partial charge is 0.469 e. The van der Waals surface area contributed by atoms with Gasteiger partial charge in [-0.1, -0.05) is 32.0 Å². The summed E-state index contributed by atoms with van der Waals surface area (Å²) >= 11 is 0. The summed E-state index contributed by atoms with van der Waals surface area (Å²) in [5, 5.41) is 10.2. The van der Waals surface area contributed by atoms with E-state index in [2.05, 4.69) is 4.98 Å². The lowest BCUT2D eigenvalue weighted by Gasteiger charge is -2.19. The van der Waals surface area contributed by atoms with Gasteiger partial charge < -0.3 is 9.84 Å². The van der Waals surface area contributed by atoms with Gasteiger partial charge in [0.1, 0.15) is 6.10 Å². The van der Waals surface area contributed by atoms with Gasteiger partial charge in [-0.15, -0.1) is 0 Å². The summed E-state index contributed by atoms with van der Waals surface area (Å²) in [5.41, 5.74) is 5.11. The molecule has 5 nitrogen and oxygen atoms in total. The van der Waals surface area contributed by atoms with Crippen LogP contribution in [-0.4, -0.2) is 35.1 Å². The van der Waals surface area contributed by atoms with E-state index in [9.17, 15) is 14.7 Å². The molecule has 0 radical (unpaired) electrons. The van der Waals surface area contributed by atoms with Gasteiger partial charge in [-0.25, -0.2) is 0 Å². The standard InChI is InChI=1S/C24H31NO4/c1-15(2)9-21(26)22(27)11-18(12-23(28)29-5)19-10-20(14-25-13-19)24-16(3)7-6-8-17(24)4/h6-8,10,13-15,18,21,26H,9,11-12H2,1-5H3/t18?,21-/m1/s1. The van der Waals surface area contributed by atoms with Crippen molar-refractivity contribution in [2.24, 2.45) is 5.92 Å². The normalized spacial score (nSPS) is 13.2. The molecular formula is C24H31NO4. The van der Waals surface area contributed by atoms with Crippen LogP contribution in [-0.2, 0) is 14.3 Å². The van der Waals surface area contributed by atoms with Crippen LogP contribution in [0, 0.1) is 19.8 Å². The highest BCUT2D eigenvalue weighted by Crippen LogP contribution is 2.31. The molecule has 0 aliphatic carbocycles. The number of pyridine rings is 1. The van der Waals surface area contributed by atoms with E-state index in [1.165, 1.54) is 7.11 Å². The second-order valence-corrected chi connectivity index (χ2v) is 8.07. The summed E-state index contributed by atoms with van der Waals surface area (Å²) in [7, 11) is 1.33. The van der Waals surface area contributed by atoms with Gasteiger partial charge in [-0.3, -0.25) is 14.6 Å². The Kier molecular flexibility index (Phi) is 8.09. The first kappa shape index (κ1) is 22.8. The van der Waals surface area contributed by atoms with Crippen LogP contribution in [0.5, 0.6) is 0 Å². The number of aliphatic hydroxyl groups excluding tert-OH is 1. The average molecular weight is 398 g/mol. The van der Waals surface area contributed by atoms with Gasteiger partial charge in [0.05, 0.1) is 13.5 Å². The first-order valence-corrected chi connectivity index (χ1v) is 10.0. The highest BCUT2D eigenvalue weighted by molar-refractivity contribution is 5.84. The summed E-state index contributed by atoms with van der Waals surface area (Å²) in [5.74, 6) is -0.834. The summed E-state index contributed by atoms with van der Waals surface area (Å²) < 4.78 is 4.83. The van der Waals surface area contributed by atoms with Crippen LogP contribution in [0.2, 0.25) is 0 Å². The first-order valence-electron chi connectivity index (χ1n) is 10.0. The molecule has 0 amide bonds. The number of aryl methyl sites for hydroxylation is 2. The number of benzene rings is 1. The third-order valence-electron chi connectivity index (χ3n) is 5.16. The number of aliphatic hydroxyl groups is 1. The Morgan fingerprint density at radius 1 is 1.10 bits per heavy atom. The fourth-order valence-electron chi connectivity index (χ4n) is 3.64. The van der Waals surface area contributed by atoms with E-state index in [1.807, 2.05) is 52.0 Å². The van der Waals surface area contributed by atoms with Crippen LogP contribution in [0.3, 0.4) is 0 Å². The van der Waals surface area contributed by atoms with E-state index in [0.29, 0.717) is 6.42 Å². The number of hydrogen-bond acceptors (Lipinski definition) is 5. The fraction of sp³-hybridized carbons (Fsp3) is 0.458. The molecule has 1 aromatic heterocycles. The van der Waals surface area contributed by atoms with Crippen molar-refractivity contribution in [3.63, 3.8) is 0 Å². The zero-order valence-corrected chi connectivity index (χ0v) is 17.9. The molecule has 156 valence electrons. The number of hydrogen-bond donors (Lipinski definition) is 1. The lowest BCUT2D eigenvalue weighted by molar-refractivity contribution is -0.141. The molecule has 1 heterocycles. The van der Waals surface area contributed by atoms with Crippen LogP contribution in [0.4, 0.5) is 0 Å². The molecule has 0 spiro atoms. The minimum absolute atomic E-state index is 0.0640. The van der Waals surface area contributed by atoms with E-state index in [-0.39, 0.29) is 24.5 Å². The van der Waals surface area contributed by atoms with Crippen LogP contribution in [0.25, 0.3) is 11.1 Å². The van der Waals surface area contributed by atoms with Crippen molar-refractivity contribution < 1.29 is 19.4 Å². The molecule has 1 N–H and O–H groups in total. The number of ether oxygens (including phenoxy) is 1. The van der Waals surface area contributed by atoms with E-state index in [1.54, 1.807) is 12.4 Å². The van der Waals surface area contributed by atoms with Crippen LogP contribution >= 0.6 is 0 Å². The van der Waals surface area contributed by atoms with Crippen molar-refractivity contribution in [1.29, 1.82) is 0 Å². The average Bonchev–Trinajstić information content (AvgIpc) is 2.66. The van der Waals surface area contributed by atoms with E-state index < -0.39 is 18.0 Å². The van der Waals surface area contributed by atoms with Gasteiger partial charge in [0.25, 0.3) is 0 Å². The Morgan fingerprint density at radius 2 is 1.76 bits per heavy atom. The molecule has 5 heteroatoms. The van der Waals surface area contributed by atoms with E-state index in [4.69, 9.17) is 4.74 Å². The highest BCUT2D eigenvalue weighted by Gasteiger charge is 2.25. The summed E-state index contributed by atoms with van der Waals surface area (Å²) in [6.45, 7) is 8.01. The highest BCUT2D eigenvalue weighted by atomic mass is 16.5. The minimum atomic E-state index is -1.02. The SMILES string of the molecule is COC(=O)CC(CC(=O)[C@H](O)CC(C)C)c1cncc(-c2c(C)cccc2C)c1. The van der Waals surface area contributed by atoms with Gasteiger partial charge in [0, 0.05) is 30.3 Å². The molecule has 0 saturated heterocycles. The minimum Gasteiger partial charge on any atom is -0.469 e. The molecule has 2 rings (SSSR count). The Bertz CT molecular complexity index is 839. The second-order valence-electron chi connectivity index (χ2n) is 8.07. The number of ketones is 1. The predicted molar refractivity (Wildman–Crippen MR) is 114 cm³/mol. The third kappa shape index (κ3) is 6.23. The van der Waals surface area contributed by atoms with Crippen LogP contribution in [0.15, 0.2) is 36.7 Å². The van der Waals surface area contributed by atoms with Crippen LogP contribution < -0.4 is 0 Å². The lowest BCUT2D eigenvalue weighted by Crippen LogP contribution is -2.25. The molecule has 2 aromatic rings. The fourth-order valence-corrected chi connectivity index (χ4v) is 3.64. The van der Waals surface area contributed by atoms with E-state index >= 15 is 0 Å². The third-order valence-corrected chi connectivity index (χ3v) is 5.16. The molecule has 0 aliphatic heterocycles. The first-order chi connectivity index (χ1) is 13.7. The predicted octanol–water partition coefficient (Wildman–Crippen LogP) is 4.38. The number of carbonyl (C=O) groups excluding carboxylic acids is 2. The zero-order chi connectivity index (χ0) is 21.6. The van der Waals surface area contributed by atoms with Crippen molar-refractivity contribution in [3.8, 4) is 11.1 Å². The molecule has 0 fully saturated rings. The van der Waals surface area contributed by atoms with Crippen molar-refractivity contribution in [1.82, 2.24) is 4.98 Å². The second kappa shape index (κ2) is 10.3. The summed E-state index contributed by atoms with van der Waals surface area (Å²) in [6.07, 6.45) is 3.00. The Morgan fingerprint density at radius 3 is 2.34 bits per heavy atom. The Labute approximate surface area is 173 Å². The number of aromatic nitrogens is 1. The Hall–Kier alpha value is -2.53. The topological polar surface area (TPSA) is 76.5 Å². The number of nitrogens with zero attached hydrogens (tertiary/aromatic N) is 1. The van der Waals surface area contributed by atoms with Crippen molar-refractivity contribution in [2.75, 3.05) is 7.11 Å². The number of methoxy groups -OCH3 is 1. The quantitative estimate of drug-likeness (QED) is 0.636. The zero-order valence-electron chi connectivity index (χ0n) is 17.9. The van der Waals surface area contributed by atoms with Crippen molar-refractivity contribution in [3.05, 3.63) is 53.3 Å².